The molecule has 0 saturated carbocycles. The predicted molar refractivity (Wildman–Crippen MR) is 118 cm³/mol. The van der Waals surface area contributed by atoms with Crippen molar-refractivity contribution >= 4 is 29.9 Å². The van der Waals surface area contributed by atoms with Crippen LogP contribution in [-0.2, 0) is 16.0 Å². The minimum absolute atomic E-state index is 0. The third-order valence-corrected chi connectivity index (χ3v) is 3.46. The fourth-order valence-electron chi connectivity index (χ4n) is 2.13. The molecule has 0 aliphatic rings. The third kappa shape index (κ3) is 12.3. The van der Waals surface area contributed by atoms with E-state index in [9.17, 15) is 0 Å². The van der Waals surface area contributed by atoms with Crippen LogP contribution in [0, 0.1) is 0 Å². The SMILES string of the molecule is CCNC(=NCc1ccc(OCCOC)cc1)NCCCCOCC.I. The summed E-state index contributed by atoms with van der Waals surface area (Å²) in [6.45, 7) is 9.22. The molecule has 1 aromatic carbocycles. The number of rotatable bonds is 13. The Morgan fingerprint density at radius 2 is 1.77 bits per heavy atom. The highest BCUT2D eigenvalue weighted by Crippen LogP contribution is 2.12. The number of nitrogens with one attached hydrogen (secondary N) is 2. The van der Waals surface area contributed by atoms with Gasteiger partial charge in [0.15, 0.2) is 5.96 Å². The van der Waals surface area contributed by atoms with E-state index in [1.54, 1.807) is 7.11 Å². The van der Waals surface area contributed by atoms with E-state index >= 15 is 0 Å². The molecule has 0 heterocycles. The molecule has 0 fully saturated rings. The van der Waals surface area contributed by atoms with E-state index in [0.29, 0.717) is 19.8 Å². The van der Waals surface area contributed by atoms with E-state index in [-0.39, 0.29) is 24.0 Å². The van der Waals surface area contributed by atoms with Gasteiger partial charge in [-0.05, 0) is 44.4 Å². The van der Waals surface area contributed by atoms with Crippen LogP contribution in [0.5, 0.6) is 5.75 Å². The first kappa shape index (κ1) is 24.9. The van der Waals surface area contributed by atoms with Crippen LogP contribution in [0.3, 0.4) is 0 Å². The maximum absolute atomic E-state index is 5.56. The molecule has 2 N–H and O–H groups in total. The summed E-state index contributed by atoms with van der Waals surface area (Å²) < 4.78 is 15.9. The normalized spacial score (nSPS) is 11.0. The molecule has 1 rings (SSSR count). The lowest BCUT2D eigenvalue weighted by Gasteiger charge is -2.11. The number of methoxy groups -OCH3 is 1. The van der Waals surface area contributed by atoms with Gasteiger partial charge in [0.25, 0.3) is 0 Å². The van der Waals surface area contributed by atoms with Gasteiger partial charge in [0.2, 0.25) is 0 Å². The van der Waals surface area contributed by atoms with Crippen LogP contribution >= 0.6 is 24.0 Å². The summed E-state index contributed by atoms with van der Waals surface area (Å²) in [5, 5.41) is 6.63. The molecule has 6 nitrogen and oxygen atoms in total. The van der Waals surface area contributed by atoms with Crippen LogP contribution in [0.25, 0.3) is 0 Å². The lowest BCUT2D eigenvalue weighted by atomic mass is 10.2. The summed E-state index contributed by atoms with van der Waals surface area (Å²) >= 11 is 0. The highest BCUT2D eigenvalue weighted by molar-refractivity contribution is 14.0. The first-order chi connectivity index (χ1) is 12.3. The van der Waals surface area contributed by atoms with Gasteiger partial charge in [0.05, 0.1) is 13.2 Å². The monoisotopic (exact) mass is 479 g/mol. The van der Waals surface area contributed by atoms with Crippen molar-refractivity contribution in [3.8, 4) is 5.75 Å². The highest BCUT2D eigenvalue weighted by Gasteiger charge is 1.99. The molecule has 0 atom stereocenters. The zero-order chi connectivity index (χ0) is 18.2. The largest absolute Gasteiger partial charge is 0.491 e. The van der Waals surface area contributed by atoms with Gasteiger partial charge in [-0.15, -0.1) is 24.0 Å². The standard InChI is InChI=1S/C19H33N3O3.HI/c1-4-20-19(21-12-6-7-13-24-5-2)22-16-17-8-10-18(11-9-17)25-15-14-23-3;/h8-11H,4-7,12-16H2,1-3H3,(H2,20,21,22);1H. The minimum Gasteiger partial charge on any atom is -0.491 e. The Kier molecular flexibility index (Phi) is 16.7. The maximum Gasteiger partial charge on any atom is 0.191 e. The van der Waals surface area contributed by atoms with Crippen molar-refractivity contribution in [2.24, 2.45) is 4.99 Å². The predicted octanol–water partition coefficient (Wildman–Crippen LogP) is 3.20. The second kappa shape index (κ2) is 17.4. The molecule has 0 bridgehead atoms. The molecule has 0 saturated heterocycles. The van der Waals surface area contributed by atoms with E-state index in [0.717, 1.165) is 56.4 Å². The third-order valence-electron chi connectivity index (χ3n) is 3.46. The number of guanidine groups is 1. The quantitative estimate of drug-likeness (QED) is 0.197. The Labute approximate surface area is 175 Å². The molecule has 0 aliphatic carbocycles. The van der Waals surface area contributed by atoms with Crippen molar-refractivity contribution in [3.05, 3.63) is 29.8 Å². The second-order valence-corrected chi connectivity index (χ2v) is 5.51. The fraction of sp³-hybridized carbons (Fsp3) is 0.632. The zero-order valence-electron chi connectivity index (χ0n) is 16.3. The molecule has 0 radical (unpaired) electrons. The van der Waals surface area contributed by atoms with Gasteiger partial charge < -0.3 is 24.8 Å². The molecule has 0 spiro atoms. The van der Waals surface area contributed by atoms with Crippen molar-refractivity contribution in [2.75, 3.05) is 46.6 Å². The Hall–Kier alpha value is -1.06. The van der Waals surface area contributed by atoms with Crippen LogP contribution in [0.15, 0.2) is 29.3 Å². The maximum atomic E-state index is 5.56. The Morgan fingerprint density at radius 1 is 1.00 bits per heavy atom. The zero-order valence-corrected chi connectivity index (χ0v) is 18.6. The van der Waals surface area contributed by atoms with Gasteiger partial charge in [-0.1, -0.05) is 12.1 Å². The number of unbranched alkanes of at least 4 members (excludes halogenated alkanes) is 1. The number of ether oxygens (including phenoxy) is 3. The van der Waals surface area contributed by atoms with Crippen molar-refractivity contribution in [2.45, 2.75) is 33.2 Å². The van der Waals surface area contributed by atoms with Gasteiger partial charge in [0, 0.05) is 33.4 Å². The summed E-state index contributed by atoms with van der Waals surface area (Å²) in [5.41, 5.74) is 1.15. The topological polar surface area (TPSA) is 64.1 Å². The van der Waals surface area contributed by atoms with Gasteiger partial charge in [-0.25, -0.2) is 4.99 Å². The molecule has 0 aromatic heterocycles. The Balaban J connectivity index is 0.00000625. The number of benzene rings is 1. The summed E-state index contributed by atoms with van der Waals surface area (Å²) in [7, 11) is 1.67. The van der Waals surface area contributed by atoms with Gasteiger partial charge in [-0.3, -0.25) is 0 Å². The average Bonchev–Trinajstić information content (AvgIpc) is 2.63. The number of nitrogens with zero attached hydrogens (tertiary/aromatic N) is 1. The first-order valence-electron chi connectivity index (χ1n) is 9.10. The molecular formula is C19H34IN3O3. The summed E-state index contributed by atoms with van der Waals surface area (Å²) in [6, 6.07) is 8.01. The van der Waals surface area contributed by atoms with E-state index in [1.807, 2.05) is 31.2 Å². The van der Waals surface area contributed by atoms with E-state index in [1.165, 1.54) is 0 Å². The first-order valence-corrected chi connectivity index (χ1v) is 9.10. The van der Waals surface area contributed by atoms with Crippen molar-refractivity contribution in [1.29, 1.82) is 0 Å². The molecular weight excluding hydrogens is 445 g/mol. The fourth-order valence-corrected chi connectivity index (χ4v) is 2.13. The molecule has 0 aliphatic heterocycles. The van der Waals surface area contributed by atoms with Crippen molar-refractivity contribution in [3.63, 3.8) is 0 Å². The molecule has 7 heteroatoms. The lowest BCUT2D eigenvalue weighted by molar-refractivity contribution is 0.143. The molecule has 26 heavy (non-hydrogen) atoms. The average molecular weight is 479 g/mol. The van der Waals surface area contributed by atoms with Crippen molar-refractivity contribution in [1.82, 2.24) is 10.6 Å². The molecule has 150 valence electrons. The minimum atomic E-state index is 0. The second-order valence-electron chi connectivity index (χ2n) is 5.51. The van der Waals surface area contributed by atoms with Crippen LogP contribution in [0.2, 0.25) is 0 Å². The van der Waals surface area contributed by atoms with E-state index < -0.39 is 0 Å². The summed E-state index contributed by atoms with van der Waals surface area (Å²) in [5.74, 6) is 1.70. The molecule has 0 unspecified atom stereocenters. The van der Waals surface area contributed by atoms with Crippen LogP contribution < -0.4 is 15.4 Å². The Morgan fingerprint density at radius 3 is 2.42 bits per heavy atom. The van der Waals surface area contributed by atoms with Gasteiger partial charge in [0.1, 0.15) is 12.4 Å². The number of halogens is 1. The van der Waals surface area contributed by atoms with Crippen LogP contribution in [0.1, 0.15) is 32.3 Å². The molecule has 0 amide bonds. The number of hydrogen-bond acceptors (Lipinski definition) is 4. The highest BCUT2D eigenvalue weighted by atomic mass is 127. The van der Waals surface area contributed by atoms with Gasteiger partial charge in [-0.2, -0.15) is 0 Å². The lowest BCUT2D eigenvalue weighted by Crippen LogP contribution is -2.37. The van der Waals surface area contributed by atoms with Crippen molar-refractivity contribution < 1.29 is 14.2 Å². The summed E-state index contributed by atoms with van der Waals surface area (Å²) in [6.07, 6.45) is 2.13. The molecule has 1 aromatic rings. The van der Waals surface area contributed by atoms with E-state index in [4.69, 9.17) is 14.2 Å². The van der Waals surface area contributed by atoms with Gasteiger partial charge >= 0.3 is 0 Å². The Bertz CT molecular complexity index is 470. The number of hydrogen-bond donors (Lipinski definition) is 2. The van der Waals surface area contributed by atoms with E-state index in [2.05, 4.69) is 22.5 Å². The number of aliphatic imine (C=N–C) groups is 1. The van der Waals surface area contributed by atoms with Crippen LogP contribution in [0.4, 0.5) is 0 Å². The van der Waals surface area contributed by atoms with Crippen LogP contribution in [-0.4, -0.2) is 52.6 Å². The summed E-state index contributed by atoms with van der Waals surface area (Å²) in [4.78, 5) is 4.63. The smallest absolute Gasteiger partial charge is 0.191 e.